The summed E-state index contributed by atoms with van der Waals surface area (Å²) in [5.41, 5.74) is 4.95. The molecule has 7 heteroatoms. The Morgan fingerprint density at radius 1 is 1.36 bits per heavy atom. The van der Waals surface area contributed by atoms with Gasteiger partial charge in [-0.1, -0.05) is 6.07 Å². The Balaban J connectivity index is 0.00000169. The van der Waals surface area contributed by atoms with Crippen LogP contribution < -0.4 is 5.73 Å². The zero-order chi connectivity index (χ0) is 10.1. The van der Waals surface area contributed by atoms with Gasteiger partial charge in [-0.05, 0) is 18.2 Å². The van der Waals surface area contributed by atoms with Gasteiger partial charge in [0.2, 0.25) is 5.91 Å². The van der Waals surface area contributed by atoms with Crippen molar-refractivity contribution < 1.29 is 17.8 Å². The third-order valence-electron chi connectivity index (χ3n) is 1.42. The molecule has 1 aromatic rings. The fourth-order valence-corrected chi connectivity index (χ4v) is 1.34. The number of nitrogens with two attached hydrogens (primary N) is 1. The van der Waals surface area contributed by atoms with E-state index in [1.165, 1.54) is 18.2 Å². The number of benzene rings is 1. The van der Waals surface area contributed by atoms with Gasteiger partial charge in [0, 0.05) is 5.56 Å². The maximum absolute atomic E-state index is 10.6. The van der Waals surface area contributed by atoms with Gasteiger partial charge in [0.05, 0.1) is 4.90 Å². The van der Waals surface area contributed by atoms with Crippen LogP contribution in [0.2, 0.25) is 0 Å². The van der Waals surface area contributed by atoms with Gasteiger partial charge in [0.15, 0.2) is 0 Å². The van der Waals surface area contributed by atoms with E-state index in [0.717, 1.165) is 6.07 Å². The van der Waals surface area contributed by atoms with E-state index in [9.17, 15) is 13.2 Å². The van der Waals surface area contributed by atoms with E-state index in [1.807, 2.05) is 0 Å². The minimum absolute atomic E-state index is 0. The number of rotatable bonds is 2. The molecular formula is C7H8NNaO4S. The summed E-state index contributed by atoms with van der Waals surface area (Å²) in [5, 5.41) is 0. The molecule has 0 saturated heterocycles. The second-order valence-electron chi connectivity index (χ2n) is 2.37. The monoisotopic (exact) mass is 225 g/mol. The van der Waals surface area contributed by atoms with Crippen molar-refractivity contribution in [3.8, 4) is 0 Å². The molecule has 0 fully saturated rings. The summed E-state index contributed by atoms with van der Waals surface area (Å²) < 4.78 is 29.8. The Morgan fingerprint density at radius 3 is 2.36 bits per heavy atom. The van der Waals surface area contributed by atoms with Gasteiger partial charge in [0.1, 0.15) is 0 Å². The molecule has 0 radical (unpaired) electrons. The predicted octanol–water partition coefficient (Wildman–Crippen LogP) is -0.616. The van der Waals surface area contributed by atoms with Crippen molar-refractivity contribution in [2.45, 2.75) is 4.90 Å². The molecule has 0 aliphatic heterocycles. The van der Waals surface area contributed by atoms with E-state index in [1.54, 1.807) is 0 Å². The SMILES string of the molecule is NC(=O)c1cccc(S(=O)(=O)O)c1.[NaH]. The van der Waals surface area contributed by atoms with Crippen molar-refractivity contribution in [1.82, 2.24) is 0 Å². The molecule has 0 atom stereocenters. The summed E-state index contributed by atoms with van der Waals surface area (Å²) >= 11 is 0. The second kappa shape index (κ2) is 4.90. The summed E-state index contributed by atoms with van der Waals surface area (Å²) in [4.78, 5) is 10.3. The van der Waals surface area contributed by atoms with Gasteiger partial charge in [-0.2, -0.15) is 8.42 Å². The number of amides is 1. The van der Waals surface area contributed by atoms with Crippen molar-refractivity contribution >= 4 is 45.6 Å². The van der Waals surface area contributed by atoms with Crippen molar-refractivity contribution in [3.05, 3.63) is 29.8 Å². The molecule has 5 nitrogen and oxygen atoms in total. The Hall–Kier alpha value is -0.400. The van der Waals surface area contributed by atoms with Crippen LogP contribution in [0.3, 0.4) is 0 Å². The molecule has 1 aromatic carbocycles. The van der Waals surface area contributed by atoms with Crippen LogP contribution in [0.25, 0.3) is 0 Å². The van der Waals surface area contributed by atoms with Crippen LogP contribution in [-0.2, 0) is 10.1 Å². The molecule has 0 saturated carbocycles. The van der Waals surface area contributed by atoms with Crippen LogP contribution in [0.1, 0.15) is 10.4 Å². The average molecular weight is 225 g/mol. The fraction of sp³-hybridized carbons (Fsp3) is 0. The van der Waals surface area contributed by atoms with Crippen molar-refractivity contribution in [2.75, 3.05) is 0 Å². The topological polar surface area (TPSA) is 97.5 Å². The number of carbonyl (C=O) groups is 1. The third-order valence-corrected chi connectivity index (χ3v) is 2.27. The number of hydrogen-bond donors (Lipinski definition) is 2. The van der Waals surface area contributed by atoms with Crippen molar-refractivity contribution in [2.24, 2.45) is 5.73 Å². The molecule has 0 aliphatic carbocycles. The first-order valence-corrected chi connectivity index (χ1v) is 4.72. The molecule has 0 heterocycles. The molecule has 1 amide bonds. The van der Waals surface area contributed by atoms with Crippen LogP contribution in [0.4, 0.5) is 0 Å². The molecule has 0 bridgehead atoms. The van der Waals surface area contributed by atoms with Crippen molar-refractivity contribution in [1.29, 1.82) is 0 Å². The molecule has 0 spiro atoms. The third kappa shape index (κ3) is 3.39. The standard InChI is InChI=1S/C7H7NO4S.Na.H/c8-7(9)5-2-1-3-6(4-5)13(10,11)12;;/h1-4H,(H2,8,9)(H,10,11,12);;. The van der Waals surface area contributed by atoms with Gasteiger partial charge in [-0.3, -0.25) is 9.35 Å². The van der Waals surface area contributed by atoms with Crippen LogP contribution in [-0.4, -0.2) is 48.4 Å². The molecule has 1 rings (SSSR count). The van der Waals surface area contributed by atoms with Crippen LogP contribution >= 0.6 is 0 Å². The summed E-state index contributed by atoms with van der Waals surface area (Å²) in [7, 11) is -4.27. The number of primary amides is 1. The minimum atomic E-state index is -4.27. The van der Waals surface area contributed by atoms with E-state index < -0.39 is 16.0 Å². The average Bonchev–Trinajstić information content (AvgIpc) is 2.03. The first-order valence-electron chi connectivity index (χ1n) is 3.28. The summed E-state index contributed by atoms with van der Waals surface area (Å²) in [6.45, 7) is 0. The molecule has 14 heavy (non-hydrogen) atoms. The summed E-state index contributed by atoms with van der Waals surface area (Å²) in [6, 6.07) is 4.86. The van der Waals surface area contributed by atoms with E-state index in [-0.39, 0.29) is 40.0 Å². The first-order chi connectivity index (χ1) is 5.91. The van der Waals surface area contributed by atoms with E-state index >= 15 is 0 Å². The predicted molar refractivity (Wildman–Crippen MR) is 51.9 cm³/mol. The molecule has 0 aromatic heterocycles. The number of carbonyl (C=O) groups excluding carboxylic acids is 1. The van der Waals surface area contributed by atoms with E-state index in [2.05, 4.69) is 0 Å². The molecule has 3 N–H and O–H groups in total. The first kappa shape index (κ1) is 13.6. The Kier molecular flexibility index (Phi) is 4.76. The summed E-state index contributed by atoms with van der Waals surface area (Å²) in [5.74, 6) is -0.745. The van der Waals surface area contributed by atoms with E-state index in [0.29, 0.717) is 0 Å². The molecular weight excluding hydrogens is 217 g/mol. The molecule has 72 valence electrons. The maximum atomic E-state index is 10.6. The van der Waals surface area contributed by atoms with Gasteiger partial charge >= 0.3 is 29.6 Å². The van der Waals surface area contributed by atoms with Gasteiger partial charge < -0.3 is 5.73 Å². The van der Waals surface area contributed by atoms with Gasteiger partial charge in [0.25, 0.3) is 10.1 Å². The Bertz CT molecular complexity index is 443. The fourth-order valence-electron chi connectivity index (χ4n) is 0.810. The molecule has 0 aliphatic rings. The van der Waals surface area contributed by atoms with Crippen molar-refractivity contribution in [3.63, 3.8) is 0 Å². The Morgan fingerprint density at radius 2 is 1.93 bits per heavy atom. The quantitative estimate of drug-likeness (QED) is 0.518. The zero-order valence-electron chi connectivity index (χ0n) is 6.47. The second-order valence-corrected chi connectivity index (χ2v) is 3.79. The Labute approximate surface area is 103 Å². The van der Waals surface area contributed by atoms with Gasteiger partial charge in [-0.15, -0.1) is 0 Å². The van der Waals surface area contributed by atoms with Crippen LogP contribution in [0, 0.1) is 0 Å². The van der Waals surface area contributed by atoms with Crippen LogP contribution in [0.15, 0.2) is 29.2 Å². The normalized spacial score (nSPS) is 10.4. The molecule has 0 unspecified atom stereocenters. The van der Waals surface area contributed by atoms with Gasteiger partial charge in [-0.25, -0.2) is 0 Å². The van der Waals surface area contributed by atoms with Crippen LogP contribution in [0.5, 0.6) is 0 Å². The summed E-state index contributed by atoms with van der Waals surface area (Å²) in [6.07, 6.45) is 0. The zero-order valence-corrected chi connectivity index (χ0v) is 7.28. The van der Waals surface area contributed by atoms with E-state index in [4.69, 9.17) is 10.3 Å². The number of hydrogen-bond acceptors (Lipinski definition) is 3.